The molecule has 5 nitrogen and oxygen atoms in total. The first-order valence-electron chi connectivity index (χ1n) is 11.2. The summed E-state index contributed by atoms with van der Waals surface area (Å²) in [5.41, 5.74) is 11.9. The molecular weight excluding hydrogens is 431 g/mol. The highest BCUT2D eigenvalue weighted by Gasteiger charge is 2.23. The van der Waals surface area contributed by atoms with Crippen molar-refractivity contribution in [1.82, 2.24) is 4.98 Å². The maximum Gasteiger partial charge on any atom is 0.221 e. The van der Waals surface area contributed by atoms with Crippen molar-refractivity contribution in [3.8, 4) is 22.8 Å². The number of pyridine rings is 1. The number of anilines is 1. The van der Waals surface area contributed by atoms with Crippen LogP contribution >= 0.6 is 0 Å². The lowest BCUT2D eigenvalue weighted by Crippen LogP contribution is -2.14. The van der Waals surface area contributed by atoms with E-state index >= 15 is 0 Å². The number of benzene rings is 2. The Morgan fingerprint density at radius 1 is 0.971 bits per heavy atom. The number of rotatable bonds is 8. The third-order valence-electron chi connectivity index (χ3n) is 5.64. The predicted octanol–water partition coefficient (Wildman–Crippen LogP) is 6.14. The monoisotopic (exact) mass is 464 g/mol. The summed E-state index contributed by atoms with van der Waals surface area (Å²) in [4.78, 5) is 4.11. The molecule has 34 heavy (non-hydrogen) atoms. The molecule has 0 aliphatic heterocycles. The second-order valence-electron chi connectivity index (χ2n) is 9.14. The summed E-state index contributed by atoms with van der Waals surface area (Å²) in [6, 6.07) is 11.3. The van der Waals surface area contributed by atoms with E-state index in [0.717, 1.165) is 46.2 Å². The van der Waals surface area contributed by atoms with Crippen molar-refractivity contribution in [2.45, 2.75) is 32.6 Å². The predicted molar refractivity (Wildman–Crippen MR) is 137 cm³/mol. The zero-order chi connectivity index (χ0) is 24.9. The molecule has 3 rings (SSSR count). The lowest BCUT2D eigenvalue weighted by molar-refractivity contribution is 0.202. The molecule has 0 fully saturated rings. The van der Waals surface area contributed by atoms with Crippen LogP contribution in [0.25, 0.3) is 23.3 Å². The molecule has 0 aliphatic rings. The van der Waals surface area contributed by atoms with Gasteiger partial charge in [0.15, 0.2) is 0 Å². The largest absolute Gasteiger partial charge is 0.496 e. The molecule has 2 aromatic carbocycles. The van der Waals surface area contributed by atoms with Crippen LogP contribution in [0.5, 0.6) is 11.6 Å². The van der Waals surface area contributed by atoms with Crippen molar-refractivity contribution >= 4 is 17.8 Å². The summed E-state index contributed by atoms with van der Waals surface area (Å²) < 4.78 is 30.7. The SMILES string of the molecule is COCCc1cc(N)ccc1C=Cc1cc(-c2cc(F)cnc2OC)cc(C(C)(C)C)c1OC. The van der Waals surface area contributed by atoms with Crippen LogP contribution in [0.2, 0.25) is 0 Å². The van der Waals surface area contributed by atoms with Crippen LogP contribution in [0.4, 0.5) is 10.1 Å². The van der Waals surface area contributed by atoms with Gasteiger partial charge in [-0.15, -0.1) is 0 Å². The van der Waals surface area contributed by atoms with Gasteiger partial charge in [0.25, 0.3) is 0 Å². The zero-order valence-corrected chi connectivity index (χ0v) is 20.7. The quantitative estimate of drug-likeness (QED) is 0.320. The molecule has 1 heterocycles. The maximum absolute atomic E-state index is 14.1. The Morgan fingerprint density at radius 2 is 1.71 bits per heavy atom. The lowest BCUT2D eigenvalue weighted by atomic mass is 9.83. The van der Waals surface area contributed by atoms with Crippen molar-refractivity contribution < 1.29 is 18.6 Å². The number of methoxy groups -OCH3 is 3. The molecule has 180 valence electrons. The molecule has 0 radical (unpaired) electrons. The molecule has 0 bridgehead atoms. The highest BCUT2D eigenvalue weighted by Crippen LogP contribution is 2.40. The van der Waals surface area contributed by atoms with Gasteiger partial charge in [-0.1, -0.05) is 39.0 Å². The molecule has 1 aromatic heterocycles. The first kappa shape index (κ1) is 25.2. The number of hydrogen-bond acceptors (Lipinski definition) is 5. The Labute approximate surface area is 201 Å². The smallest absolute Gasteiger partial charge is 0.221 e. The Kier molecular flexibility index (Phi) is 7.94. The first-order chi connectivity index (χ1) is 16.2. The topological polar surface area (TPSA) is 66.6 Å². The van der Waals surface area contributed by atoms with Gasteiger partial charge in [0.1, 0.15) is 11.6 Å². The number of aromatic nitrogens is 1. The van der Waals surface area contributed by atoms with E-state index in [0.29, 0.717) is 23.7 Å². The first-order valence-corrected chi connectivity index (χ1v) is 11.2. The highest BCUT2D eigenvalue weighted by molar-refractivity contribution is 5.81. The highest BCUT2D eigenvalue weighted by atomic mass is 19.1. The van der Waals surface area contributed by atoms with Crippen molar-refractivity contribution in [3.63, 3.8) is 0 Å². The van der Waals surface area contributed by atoms with Gasteiger partial charge in [-0.25, -0.2) is 9.37 Å². The van der Waals surface area contributed by atoms with Crippen LogP contribution in [-0.4, -0.2) is 32.9 Å². The van der Waals surface area contributed by atoms with E-state index in [4.69, 9.17) is 19.9 Å². The summed E-state index contributed by atoms with van der Waals surface area (Å²) in [5.74, 6) is 0.706. The van der Waals surface area contributed by atoms with E-state index in [1.54, 1.807) is 14.2 Å². The summed E-state index contributed by atoms with van der Waals surface area (Å²) in [6.45, 7) is 6.95. The van der Waals surface area contributed by atoms with Gasteiger partial charge in [0.05, 0.1) is 27.0 Å². The molecule has 2 N–H and O–H groups in total. The molecule has 0 saturated heterocycles. The van der Waals surface area contributed by atoms with Gasteiger partial charge < -0.3 is 19.9 Å². The minimum atomic E-state index is -0.425. The average Bonchev–Trinajstić information content (AvgIpc) is 2.80. The minimum absolute atomic E-state index is 0.219. The van der Waals surface area contributed by atoms with Crippen molar-refractivity contribution in [2.24, 2.45) is 0 Å². The van der Waals surface area contributed by atoms with Gasteiger partial charge >= 0.3 is 0 Å². The van der Waals surface area contributed by atoms with Crippen LogP contribution < -0.4 is 15.2 Å². The van der Waals surface area contributed by atoms with Crippen LogP contribution in [0.3, 0.4) is 0 Å². The minimum Gasteiger partial charge on any atom is -0.496 e. The third kappa shape index (κ3) is 5.75. The van der Waals surface area contributed by atoms with Crippen molar-refractivity contribution in [1.29, 1.82) is 0 Å². The van der Waals surface area contributed by atoms with Crippen molar-refractivity contribution in [3.05, 3.63) is 70.7 Å². The Balaban J connectivity index is 2.20. The Hall–Kier alpha value is -3.38. The second kappa shape index (κ2) is 10.7. The van der Waals surface area contributed by atoms with Crippen LogP contribution in [0, 0.1) is 5.82 Å². The standard InChI is InChI=1S/C28H33FN2O3/c1-28(2,3)25-15-21(24-16-22(29)17-31-27(24)34-6)13-20(26(25)33-5)8-7-18-9-10-23(30)14-19(18)11-12-32-4/h7-10,13-17H,11-12,30H2,1-6H3. The van der Waals surface area contributed by atoms with E-state index < -0.39 is 5.82 Å². The summed E-state index contributed by atoms with van der Waals surface area (Å²) in [5, 5.41) is 0. The maximum atomic E-state index is 14.1. The number of nitrogen functional groups attached to an aromatic ring is 1. The molecule has 0 amide bonds. The lowest BCUT2D eigenvalue weighted by Gasteiger charge is -2.25. The fourth-order valence-electron chi connectivity index (χ4n) is 3.91. The van der Waals surface area contributed by atoms with Crippen LogP contribution in [-0.2, 0) is 16.6 Å². The Bertz CT molecular complexity index is 1180. The molecule has 0 atom stereocenters. The van der Waals surface area contributed by atoms with Crippen molar-refractivity contribution in [2.75, 3.05) is 33.7 Å². The summed E-state index contributed by atoms with van der Waals surface area (Å²) in [6.07, 6.45) is 5.95. The third-order valence-corrected chi connectivity index (χ3v) is 5.64. The zero-order valence-electron chi connectivity index (χ0n) is 20.7. The van der Waals surface area contributed by atoms with Gasteiger partial charge in [0.2, 0.25) is 5.88 Å². The number of hydrogen-bond donors (Lipinski definition) is 1. The molecule has 0 spiro atoms. The average molecular weight is 465 g/mol. The molecule has 0 unspecified atom stereocenters. The number of ether oxygens (including phenoxy) is 3. The summed E-state index contributed by atoms with van der Waals surface area (Å²) in [7, 11) is 4.88. The number of halogens is 1. The molecule has 6 heteroatoms. The molecule has 3 aromatic rings. The molecule has 0 saturated carbocycles. The Morgan fingerprint density at radius 3 is 2.35 bits per heavy atom. The number of nitrogens with zero attached hydrogens (tertiary/aromatic N) is 1. The van der Waals surface area contributed by atoms with E-state index in [-0.39, 0.29) is 5.41 Å². The van der Waals surface area contributed by atoms with Gasteiger partial charge in [-0.3, -0.25) is 0 Å². The molecular formula is C28H33FN2O3. The fourth-order valence-corrected chi connectivity index (χ4v) is 3.91. The summed E-state index contributed by atoms with van der Waals surface area (Å²) >= 11 is 0. The van der Waals surface area contributed by atoms with Crippen LogP contribution in [0.1, 0.15) is 43.0 Å². The second-order valence-corrected chi connectivity index (χ2v) is 9.14. The van der Waals surface area contributed by atoms with Gasteiger partial charge in [0, 0.05) is 29.5 Å². The van der Waals surface area contributed by atoms with E-state index in [9.17, 15) is 4.39 Å². The van der Waals surface area contributed by atoms with E-state index in [1.165, 1.54) is 13.2 Å². The van der Waals surface area contributed by atoms with E-state index in [1.807, 2.05) is 42.5 Å². The fraction of sp³-hybridized carbons (Fsp3) is 0.321. The number of nitrogens with two attached hydrogens (primary N) is 1. The van der Waals surface area contributed by atoms with E-state index in [2.05, 4.69) is 25.8 Å². The van der Waals surface area contributed by atoms with Gasteiger partial charge in [-0.05, 0) is 58.9 Å². The van der Waals surface area contributed by atoms with Crippen LogP contribution in [0.15, 0.2) is 42.6 Å². The normalized spacial score (nSPS) is 11.7. The molecule has 0 aliphatic carbocycles. The van der Waals surface area contributed by atoms with Gasteiger partial charge in [-0.2, -0.15) is 0 Å².